The molecule has 0 aliphatic rings. The molecule has 1 N–H and O–H groups in total. The van der Waals surface area contributed by atoms with Gasteiger partial charge in [-0.05, 0) is 36.1 Å². The summed E-state index contributed by atoms with van der Waals surface area (Å²) in [6.45, 7) is 13.0. The van der Waals surface area contributed by atoms with Crippen LogP contribution in [0.4, 0.5) is 10.5 Å². The number of nitrogens with one attached hydrogen (secondary N) is 1. The minimum atomic E-state index is -0.505. The van der Waals surface area contributed by atoms with Crippen molar-refractivity contribution in [2.75, 3.05) is 7.05 Å². The fourth-order valence-electron chi connectivity index (χ4n) is 1.58. The van der Waals surface area contributed by atoms with Crippen molar-refractivity contribution in [3.63, 3.8) is 0 Å². The van der Waals surface area contributed by atoms with Crippen molar-refractivity contribution in [1.29, 1.82) is 0 Å². The van der Waals surface area contributed by atoms with Crippen molar-refractivity contribution in [2.45, 2.75) is 26.7 Å². The molecule has 0 radical (unpaired) electrons. The van der Waals surface area contributed by atoms with Crippen molar-refractivity contribution in [1.82, 2.24) is 5.32 Å². The third kappa shape index (κ3) is 2.97. The van der Waals surface area contributed by atoms with Crippen LogP contribution in [0.2, 0.25) is 0 Å². The van der Waals surface area contributed by atoms with Crippen LogP contribution in [-0.2, 0) is 0 Å². The molecule has 4 nitrogen and oxygen atoms in total. The van der Waals surface area contributed by atoms with Gasteiger partial charge in [0.2, 0.25) is 0 Å². The average molecular weight is 232 g/mol. The van der Waals surface area contributed by atoms with Gasteiger partial charge in [0.1, 0.15) is 5.75 Å². The standard InChI is InChI=1S/C13H16N2O2/c1-8(2)11-7-10(17-13(16)15-5)6-9(3)12(11)14-4/h6-8H,1-3,5H3,(H,15,16). The van der Waals surface area contributed by atoms with Gasteiger partial charge in [-0.2, -0.15) is 0 Å². The zero-order valence-electron chi connectivity index (χ0n) is 10.5. The Morgan fingerprint density at radius 1 is 1.47 bits per heavy atom. The number of aryl methyl sites for hydroxylation is 1. The first-order valence-corrected chi connectivity index (χ1v) is 5.41. The maximum Gasteiger partial charge on any atom is 0.412 e. The van der Waals surface area contributed by atoms with Crippen LogP contribution in [0.1, 0.15) is 30.9 Å². The number of ether oxygens (including phenoxy) is 1. The number of hydrogen-bond donors (Lipinski definition) is 1. The average Bonchev–Trinajstić information content (AvgIpc) is 2.28. The number of carbonyl (C=O) groups is 1. The summed E-state index contributed by atoms with van der Waals surface area (Å²) in [7, 11) is 1.51. The predicted molar refractivity (Wildman–Crippen MR) is 66.6 cm³/mol. The van der Waals surface area contributed by atoms with Gasteiger partial charge in [0.15, 0.2) is 5.69 Å². The van der Waals surface area contributed by atoms with E-state index < -0.39 is 6.09 Å². The highest BCUT2D eigenvalue weighted by Crippen LogP contribution is 2.34. The van der Waals surface area contributed by atoms with E-state index in [-0.39, 0.29) is 5.92 Å². The van der Waals surface area contributed by atoms with Gasteiger partial charge >= 0.3 is 6.09 Å². The second-order valence-corrected chi connectivity index (χ2v) is 4.08. The van der Waals surface area contributed by atoms with E-state index in [4.69, 9.17) is 11.3 Å². The molecule has 1 aromatic carbocycles. The Morgan fingerprint density at radius 2 is 2.12 bits per heavy atom. The maximum atomic E-state index is 11.1. The van der Waals surface area contributed by atoms with Gasteiger partial charge in [-0.3, -0.25) is 0 Å². The van der Waals surface area contributed by atoms with Crippen LogP contribution in [0.5, 0.6) is 5.75 Å². The zero-order valence-corrected chi connectivity index (χ0v) is 10.5. The molecule has 0 bridgehead atoms. The molecule has 0 heterocycles. The highest BCUT2D eigenvalue weighted by Gasteiger charge is 2.13. The minimum Gasteiger partial charge on any atom is -0.410 e. The molecule has 4 heteroatoms. The van der Waals surface area contributed by atoms with Gasteiger partial charge in [0.05, 0.1) is 6.57 Å². The number of carbonyl (C=O) groups excluding carboxylic acids is 1. The first-order valence-electron chi connectivity index (χ1n) is 5.41. The lowest BCUT2D eigenvalue weighted by Gasteiger charge is -2.13. The van der Waals surface area contributed by atoms with Crippen molar-refractivity contribution in [2.24, 2.45) is 0 Å². The lowest BCUT2D eigenvalue weighted by Crippen LogP contribution is -2.22. The van der Waals surface area contributed by atoms with Gasteiger partial charge in [0.25, 0.3) is 0 Å². The molecule has 0 unspecified atom stereocenters. The van der Waals surface area contributed by atoms with Crippen LogP contribution in [0, 0.1) is 13.5 Å². The lowest BCUT2D eigenvalue weighted by atomic mass is 9.98. The SMILES string of the molecule is [C-]#[N+]c1c(C)cc(OC(=O)NC)cc1C(C)C. The van der Waals surface area contributed by atoms with Crippen LogP contribution in [0.25, 0.3) is 4.85 Å². The van der Waals surface area contributed by atoms with Crippen LogP contribution in [-0.4, -0.2) is 13.1 Å². The van der Waals surface area contributed by atoms with Crippen LogP contribution in [0.15, 0.2) is 12.1 Å². The quantitative estimate of drug-likeness (QED) is 0.794. The monoisotopic (exact) mass is 232 g/mol. The van der Waals surface area contributed by atoms with Crippen LogP contribution < -0.4 is 10.1 Å². The van der Waals surface area contributed by atoms with E-state index in [0.29, 0.717) is 11.4 Å². The van der Waals surface area contributed by atoms with Gasteiger partial charge in [-0.25, -0.2) is 9.64 Å². The summed E-state index contributed by atoms with van der Waals surface area (Å²) in [5, 5.41) is 2.39. The summed E-state index contributed by atoms with van der Waals surface area (Å²) in [5.41, 5.74) is 2.37. The molecule has 0 aliphatic carbocycles. The predicted octanol–water partition coefficient (Wildman–Crippen LogP) is 3.39. The molecule has 0 saturated carbocycles. The largest absolute Gasteiger partial charge is 0.412 e. The summed E-state index contributed by atoms with van der Waals surface area (Å²) >= 11 is 0. The van der Waals surface area contributed by atoms with E-state index in [1.807, 2.05) is 20.8 Å². The molecule has 1 amide bonds. The molecule has 0 aromatic heterocycles. The molecular weight excluding hydrogens is 216 g/mol. The Labute approximate surface area is 101 Å². The molecule has 0 atom stereocenters. The highest BCUT2D eigenvalue weighted by atomic mass is 16.5. The van der Waals surface area contributed by atoms with Gasteiger partial charge in [-0.1, -0.05) is 13.8 Å². The molecule has 0 fully saturated rings. The molecule has 90 valence electrons. The summed E-state index contributed by atoms with van der Waals surface area (Å²) in [6.07, 6.45) is -0.505. The summed E-state index contributed by atoms with van der Waals surface area (Å²) < 4.78 is 5.08. The maximum absolute atomic E-state index is 11.1. The number of amides is 1. The Hall–Kier alpha value is -2.02. The summed E-state index contributed by atoms with van der Waals surface area (Å²) in [4.78, 5) is 14.7. The minimum absolute atomic E-state index is 0.214. The van der Waals surface area contributed by atoms with E-state index >= 15 is 0 Å². The van der Waals surface area contributed by atoms with E-state index in [0.717, 1.165) is 11.1 Å². The van der Waals surface area contributed by atoms with Gasteiger partial charge in [-0.15, -0.1) is 0 Å². The molecule has 1 rings (SSSR count). The van der Waals surface area contributed by atoms with Crippen molar-refractivity contribution < 1.29 is 9.53 Å². The van der Waals surface area contributed by atoms with E-state index in [9.17, 15) is 4.79 Å². The van der Waals surface area contributed by atoms with Crippen molar-refractivity contribution in [3.05, 3.63) is 34.7 Å². The highest BCUT2D eigenvalue weighted by molar-refractivity contribution is 5.71. The van der Waals surface area contributed by atoms with Crippen molar-refractivity contribution in [3.8, 4) is 5.75 Å². The van der Waals surface area contributed by atoms with Gasteiger partial charge in [0, 0.05) is 7.05 Å². The number of benzene rings is 1. The topological polar surface area (TPSA) is 42.7 Å². The molecule has 17 heavy (non-hydrogen) atoms. The molecule has 1 aromatic rings. The zero-order chi connectivity index (χ0) is 13.0. The van der Waals surface area contributed by atoms with E-state index in [1.165, 1.54) is 7.05 Å². The Bertz CT molecular complexity index is 473. The van der Waals surface area contributed by atoms with E-state index in [2.05, 4.69) is 10.2 Å². The van der Waals surface area contributed by atoms with Crippen LogP contribution >= 0.6 is 0 Å². The smallest absolute Gasteiger partial charge is 0.410 e. The molecular formula is C13H16N2O2. The number of rotatable bonds is 2. The first kappa shape index (κ1) is 13.0. The Balaban J connectivity index is 3.21. The third-order valence-corrected chi connectivity index (χ3v) is 2.45. The molecule has 0 aliphatic heterocycles. The number of hydrogen-bond acceptors (Lipinski definition) is 2. The summed E-state index contributed by atoms with van der Waals surface area (Å²) in [6, 6.07) is 3.45. The fourth-order valence-corrected chi connectivity index (χ4v) is 1.58. The van der Waals surface area contributed by atoms with Gasteiger partial charge < -0.3 is 10.1 Å². The van der Waals surface area contributed by atoms with Crippen molar-refractivity contribution >= 4 is 11.8 Å². The molecule has 0 spiro atoms. The second kappa shape index (κ2) is 5.35. The Kier molecular flexibility index (Phi) is 4.11. The van der Waals surface area contributed by atoms with E-state index in [1.54, 1.807) is 12.1 Å². The lowest BCUT2D eigenvalue weighted by molar-refractivity contribution is 0.203. The number of nitrogens with zero attached hydrogens (tertiary/aromatic N) is 1. The first-order chi connectivity index (χ1) is 7.99. The third-order valence-electron chi connectivity index (χ3n) is 2.45. The normalized spacial score (nSPS) is 9.88. The van der Waals surface area contributed by atoms with Crippen LogP contribution in [0.3, 0.4) is 0 Å². The Morgan fingerprint density at radius 3 is 2.59 bits per heavy atom. The molecule has 0 saturated heterocycles. The summed E-state index contributed by atoms with van der Waals surface area (Å²) in [5.74, 6) is 0.684. The second-order valence-electron chi connectivity index (χ2n) is 4.08. The fraction of sp³-hybridized carbons (Fsp3) is 0.385.